The summed E-state index contributed by atoms with van der Waals surface area (Å²) in [6.45, 7) is 0. The topological polar surface area (TPSA) is 61.7 Å². The number of aromatic nitrogens is 5. The monoisotopic (exact) mass is 805 g/mol. The summed E-state index contributed by atoms with van der Waals surface area (Å²) in [5.41, 5.74) is 13.1. The minimum absolute atomic E-state index is 0.544. The average molecular weight is 806 g/mol. The van der Waals surface area contributed by atoms with Crippen molar-refractivity contribution in [1.82, 2.24) is 24.1 Å². The third-order valence-electron chi connectivity index (χ3n) is 12.4. The van der Waals surface area contributed by atoms with E-state index >= 15 is 0 Å². The molecule has 0 spiro atoms. The highest BCUT2D eigenvalue weighted by atomic mass is 16.3. The van der Waals surface area contributed by atoms with Gasteiger partial charge in [0.25, 0.3) is 0 Å². The predicted octanol–water partition coefficient (Wildman–Crippen LogP) is 14.6. The van der Waals surface area contributed by atoms with Crippen LogP contribution in [0.5, 0.6) is 0 Å². The Morgan fingerprint density at radius 1 is 0.333 bits per heavy atom. The minimum atomic E-state index is 0.544. The van der Waals surface area contributed by atoms with Crippen LogP contribution >= 0.6 is 0 Å². The molecule has 294 valence electrons. The standard InChI is InChI=1S/C57H35N5O/c1-5-17-36(18-6-1)39-29-31-48-44(33-39)46-34-45-41-25-13-15-27-47(41)61(40-23-11-4-12-24-40)50(45)35-51(46)62(48)49-32-30-43(54-53(49)42-26-14-16-28-52(42)63-54)57-59-55(37-19-7-2-8-20-37)58-56(60-57)38-21-9-3-10-22-38/h1-35H. The third kappa shape index (κ3) is 5.55. The fourth-order valence-electron chi connectivity index (χ4n) is 9.51. The second-order valence-corrected chi connectivity index (χ2v) is 16.0. The lowest BCUT2D eigenvalue weighted by molar-refractivity contribution is 0.669. The Hall–Kier alpha value is -8.61. The molecule has 9 aromatic carbocycles. The highest BCUT2D eigenvalue weighted by molar-refractivity contribution is 6.21. The number of hydrogen-bond donors (Lipinski definition) is 0. The normalized spacial score (nSPS) is 11.8. The molecule has 63 heavy (non-hydrogen) atoms. The molecule has 0 radical (unpaired) electrons. The van der Waals surface area contributed by atoms with E-state index in [0.717, 1.165) is 61.0 Å². The lowest BCUT2D eigenvalue weighted by atomic mass is 10.0. The molecule has 0 saturated carbocycles. The van der Waals surface area contributed by atoms with Gasteiger partial charge < -0.3 is 13.6 Å². The summed E-state index contributed by atoms with van der Waals surface area (Å²) < 4.78 is 11.8. The molecule has 0 bridgehead atoms. The molecule has 0 amide bonds. The van der Waals surface area contributed by atoms with Crippen LogP contribution in [-0.4, -0.2) is 24.1 Å². The first-order valence-corrected chi connectivity index (χ1v) is 21.2. The Bertz CT molecular complexity index is 3830. The molecule has 6 heteroatoms. The van der Waals surface area contributed by atoms with Crippen LogP contribution in [0.2, 0.25) is 0 Å². The molecule has 0 aliphatic carbocycles. The van der Waals surface area contributed by atoms with E-state index in [9.17, 15) is 0 Å². The highest BCUT2D eigenvalue weighted by Gasteiger charge is 2.24. The molecule has 4 heterocycles. The van der Waals surface area contributed by atoms with E-state index in [1.807, 2.05) is 72.8 Å². The van der Waals surface area contributed by atoms with Gasteiger partial charge in [0.15, 0.2) is 17.5 Å². The average Bonchev–Trinajstić information content (AvgIpc) is 4.01. The van der Waals surface area contributed by atoms with Gasteiger partial charge in [0.2, 0.25) is 0 Å². The first-order chi connectivity index (χ1) is 31.2. The number of nitrogens with zero attached hydrogens (tertiary/aromatic N) is 5. The summed E-state index contributed by atoms with van der Waals surface area (Å²) in [5, 5.41) is 6.77. The van der Waals surface area contributed by atoms with Crippen molar-refractivity contribution in [2.75, 3.05) is 0 Å². The molecule has 0 aliphatic heterocycles. The summed E-state index contributed by atoms with van der Waals surface area (Å²) in [6, 6.07) is 74.5. The zero-order valence-corrected chi connectivity index (χ0v) is 33.9. The molecule has 0 unspecified atom stereocenters. The van der Waals surface area contributed by atoms with E-state index in [2.05, 4.69) is 149 Å². The molecule has 13 aromatic rings. The number of furan rings is 1. The van der Waals surface area contributed by atoms with Gasteiger partial charge in [-0.2, -0.15) is 0 Å². The number of benzene rings is 9. The van der Waals surface area contributed by atoms with Crippen LogP contribution in [0.4, 0.5) is 0 Å². The summed E-state index contributed by atoms with van der Waals surface area (Å²) in [7, 11) is 0. The molecule has 6 nitrogen and oxygen atoms in total. The van der Waals surface area contributed by atoms with Gasteiger partial charge in [-0.3, -0.25) is 0 Å². The Morgan fingerprint density at radius 3 is 1.59 bits per heavy atom. The smallest absolute Gasteiger partial charge is 0.167 e. The molecule has 13 rings (SSSR count). The van der Waals surface area contributed by atoms with Gasteiger partial charge in [-0.1, -0.05) is 152 Å². The maximum Gasteiger partial charge on any atom is 0.167 e. The van der Waals surface area contributed by atoms with Crippen molar-refractivity contribution in [2.45, 2.75) is 0 Å². The van der Waals surface area contributed by atoms with Gasteiger partial charge in [0.05, 0.1) is 38.7 Å². The van der Waals surface area contributed by atoms with Crippen molar-refractivity contribution in [3.05, 3.63) is 212 Å². The predicted molar refractivity (Wildman–Crippen MR) is 258 cm³/mol. The number of hydrogen-bond acceptors (Lipinski definition) is 4. The first kappa shape index (κ1) is 35.2. The van der Waals surface area contributed by atoms with Crippen LogP contribution in [-0.2, 0) is 0 Å². The van der Waals surface area contributed by atoms with Gasteiger partial charge in [0, 0.05) is 43.7 Å². The second kappa shape index (κ2) is 14.0. The fourth-order valence-corrected chi connectivity index (χ4v) is 9.51. The Balaban J connectivity index is 1.14. The van der Waals surface area contributed by atoms with Gasteiger partial charge in [-0.05, 0) is 71.8 Å². The maximum atomic E-state index is 6.94. The summed E-state index contributed by atoms with van der Waals surface area (Å²) >= 11 is 0. The van der Waals surface area contributed by atoms with E-state index in [-0.39, 0.29) is 0 Å². The fraction of sp³-hybridized carbons (Fsp3) is 0. The quantitative estimate of drug-likeness (QED) is 0.168. The van der Waals surface area contributed by atoms with Crippen LogP contribution in [0, 0.1) is 0 Å². The first-order valence-electron chi connectivity index (χ1n) is 21.2. The van der Waals surface area contributed by atoms with Crippen molar-refractivity contribution in [3.63, 3.8) is 0 Å². The summed E-state index contributed by atoms with van der Waals surface area (Å²) in [5.74, 6) is 1.74. The molecule has 0 N–H and O–H groups in total. The highest BCUT2D eigenvalue weighted by Crippen LogP contribution is 2.45. The van der Waals surface area contributed by atoms with E-state index < -0.39 is 0 Å². The lowest BCUT2D eigenvalue weighted by Gasteiger charge is -2.13. The molecule has 0 atom stereocenters. The van der Waals surface area contributed by atoms with Crippen molar-refractivity contribution in [1.29, 1.82) is 0 Å². The van der Waals surface area contributed by atoms with E-state index in [1.165, 1.54) is 38.2 Å². The molecular weight excluding hydrogens is 771 g/mol. The number of rotatable bonds is 6. The van der Waals surface area contributed by atoms with Gasteiger partial charge in [-0.15, -0.1) is 0 Å². The summed E-state index contributed by atoms with van der Waals surface area (Å²) in [6.07, 6.45) is 0. The second-order valence-electron chi connectivity index (χ2n) is 16.0. The zero-order valence-electron chi connectivity index (χ0n) is 33.9. The van der Waals surface area contributed by atoms with Gasteiger partial charge >= 0.3 is 0 Å². The Morgan fingerprint density at radius 2 is 0.873 bits per heavy atom. The molecule has 0 fully saturated rings. The molecule has 0 saturated heterocycles. The third-order valence-corrected chi connectivity index (χ3v) is 12.4. The van der Waals surface area contributed by atoms with Crippen LogP contribution in [0.3, 0.4) is 0 Å². The number of fused-ring (bicyclic) bond motifs is 9. The van der Waals surface area contributed by atoms with Crippen molar-refractivity contribution in [3.8, 4) is 56.7 Å². The van der Waals surface area contributed by atoms with Gasteiger partial charge in [0.1, 0.15) is 11.2 Å². The number of para-hydroxylation sites is 3. The van der Waals surface area contributed by atoms with Crippen LogP contribution in [0.1, 0.15) is 0 Å². The minimum Gasteiger partial charge on any atom is -0.455 e. The van der Waals surface area contributed by atoms with E-state index in [4.69, 9.17) is 19.4 Å². The maximum absolute atomic E-state index is 6.94. The zero-order chi connectivity index (χ0) is 41.4. The van der Waals surface area contributed by atoms with Crippen LogP contribution in [0.15, 0.2) is 217 Å². The summed E-state index contributed by atoms with van der Waals surface area (Å²) in [4.78, 5) is 15.3. The Labute approximate surface area is 361 Å². The van der Waals surface area contributed by atoms with E-state index in [1.54, 1.807) is 0 Å². The SMILES string of the molecule is c1ccc(-c2ccc3c(c2)c2cc4c5ccccc5n(-c5ccccc5)c4cc2n3-c2ccc(-c3nc(-c4ccccc4)nc(-c4ccccc4)n3)c3oc4ccccc4c23)cc1. The largest absolute Gasteiger partial charge is 0.455 e. The molecule has 4 aromatic heterocycles. The van der Waals surface area contributed by atoms with Gasteiger partial charge in [-0.25, -0.2) is 15.0 Å². The molecule has 0 aliphatic rings. The van der Waals surface area contributed by atoms with Crippen LogP contribution < -0.4 is 0 Å². The van der Waals surface area contributed by atoms with Crippen molar-refractivity contribution in [2.24, 2.45) is 0 Å². The Kier molecular flexibility index (Phi) is 7.80. The lowest BCUT2D eigenvalue weighted by Crippen LogP contribution is -2.01. The van der Waals surface area contributed by atoms with Crippen molar-refractivity contribution < 1.29 is 4.42 Å². The van der Waals surface area contributed by atoms with Crippen LogP contribution in [0.25, 0.3) is 122 Å². The van der Waals surface area contributed by atoms with E-state index in [0.29, 0.717) is 23.1 Å². The van der Waals surface area contributed by atoms with Crippen molar-refractivity contribution >= 4 is 65.6 Å². The molecular formula is C57H35N5O.